The minimum atomic E-state index is 0.200. The predicted molar refractivity (Wildman–Crippen MR) is 65.3 cm³/mol. The molecular weight excluding hydrogens is 238 g/mol. The molecule has 90 valence electrons. The lowest BCUT2D eigenvalue weighted by Gasteiger charge is -2.29. The first kappa shape index (κ1) is 11.0. The van der Waals surface area contributed by atoms with Gasteiger partial charge in [-0.3, -0.25) is 0 Å². The van der Waals surface area contributed by atoms with Crippen LogP contribution in [0.4, 0.5) is 0 Å². The fraction of sp³-hybridized carbons (Fsp3) is 0.500. The maximum absolute atomic E-state index is 5.95. The highest BCUT2D eigenvalue weighted by Crippen LogP contribution is 2.27. The van der Waals surface area contributed by atoms with Crippen molar-refractivity contribution in [2.45, 2.75) is 38.0 Å². The third-order valence-electron chi connectivity index (χ3n) is 3.29. The van der Waals surface area contributed by atoms with Gasteiger partial charge in [-0.25, -0.2) is 9.97 Å². The van der Waals surface area contributed by atoms with Gasteiger partial charge in [0.2, 0.25) is 5.88 Å². The Labute approximate surface area is 105 Å². The monoisotopic (exact) mass is 251 g/mol. The molecule has 1 fully saturated rings. The summed E-state index contributed by atoms with van der Waals surface area (Å²) in [6, 6.07) is 0.882. The molecule has 0 radical (unpaired) electrons. The van der Waals surface area contributed by atoms with Crippen LogP contribution in [0, 0.1) is 6.92 Å². The Balaban J connectivity index is 1.73. The summed E-state index contributed by atoms with van der Waals surface area (Å²) in [5.41, 5.74) is 0.813. The molecule has 1 saturated heterocycles. The lowest BCUT2D eigenvalue weighted by atomic mass is 10.0. The standard InChI is InChI=1S/C12H14ClN3O/c1-7-11(13)14-6-15-12(7)17-10-4-8-2-3-9(5-10)16-8/h2-3,6,8-10,16H,4-5H2,1H3/t8-,9?,10-/m0/s1. The van der Waals surface area contributed by atoms with E-state index in [2.05, 4.69) is 27.4 Å². The van der Waals surface area contributed by atoms with Crippen LogP contribution in [0.25, 0.3) is 0 Å². The second-order valence-corrected chi connectivity index (χ2v) is 4.93. The molecule has 17 heavy (non-hydrogen) atoms. The van der Waals surface area contributed by atoms with Crippen LogP contribution in [0.15, 0.2) is 18.5 Å². The van der Waals surface area contributed by atoms with E-state index in [1.165, 1.54) is 6.33 Å². The van der Waals surface area contributed by atoms with Gasteiger partial charge in [-0.05, 0) is 6.92 Å². The van der Waals surface area contributed by atoms with Crippen molar-refractivity contribution in [3.63, 3.8) is 0 Å². The number of nitrogens with one attached hydrogen (secondary N) is 1. The third kappa shape index (κ3) is 2.15. The summed E-state index contributed by atoms with van der Waals surface area (Å²) in [5, 5.41) is 3.95. The van der Waals surface area contributed by atoms with Crippen LogP contribution in [0.1, 0.15) is 18.4 Å². The first-order valence-electron chi connectivity index (χ1n) is 5.80. The zero-order valence-electron chi connectivity index (χ0n) is 9.56. The minimum Gasteiger partial charge on any atom is -0.474 e. The van der Waals surface area contributed by atoms with Crippen molar-refractivity contribution < 1.29 is 4.74 Å². The fourth-order valence-corrected chi connectivity index (χ4v) is 2.52. The molecule has 4 nitrogen and oxygen atoms in total. The first-order chi connectivity index (χ1) is 8.22. The van der Waals surface area contributed by atoms with Crippen LogP contribution in [-0.2, 0) is 0 Å². The largest absolute Gasteiger partial charge is 0.474 e. The maximum atomic E-state index is 5.95. The average Bonchev–Trinajstić information content (AvgIpc) is 2.65. The number of halogens is 1. The van der Waals surface area contributed by atoms with Crippen LogP contribution in [0.3, 0.4) is 0 Å². The molecule has 1 aromatic rings. The van der Waals surface area contributed by atoms with Gasteiger partial charge in [0, 0.05) is 30.5 Å². The molecule has 0 aromatic carbocycles. The van der Waals surface area contributed by atoms with Gasteiger partial charge in [0.15, 0.2) is 0 Å². The van der Waals surface area contributed by atoms with Crippen molar-refractivity contribution in [1.29, 1.82) is 0 Å². The first-order valence-corrected chi connectivity index (χ1v) is 6.18. The third-order valence-corrected chi connectivity index (χ3v) is 3.67. The number of hydrogen-bond donors (Lipinski definition) is 1. The van der Waals surface area contributed by atoms with E-state index < -0.39 is 0 Å². The Hall–Kier alpha value is -1.13. The van der Waals surface area contributed by atoms with Crippen molar-refractivity contribution in [3.05, 3.63) is 29.2 Å². The highest BCUT2D eigenvalue weighted by Gasteiger charge is 2.31. The van der Waals surface area contributed by atoms with E-state index in [0.29, 0.717) is 23.1 Å². The molecule has 1 aromatic heterocycles. The Bertz CT molecular complexity index is 449. The Morgan fingerprint density at radius 3 is 2.71 bits per heavy atom. The van der Waals surface area contributed by atoms with Crippen molar-refractivity contribution in [3.8, 4) is 5.88 Å². The number of fused-ring (bicyclic) bond motifs is 2. The van der Waals surface area contributed by atoms with Crippen LogP contribution in [-0.4, -0.2) is 28.2 Å². The molecule has 5 heteroatoms. The lowest BCUT2D eigenvalue weighted by Crippen LogP contribution is -2.43. The van der Waals surface area contributed by atoms with Crippen molar-refractivity contribution in [1.82, 2.24) is 15.3 Å². The highest BCUT2D eigenvalue weighted by molar-refractivity contribution is 6.30. The lowest BCUT2D eigenvalue weighted by molar-refractivity contribution is 0.135. The average molecular weight is 252 g/mol. The van der Waals surface area contributed by atoms with Gasteiger partial charge in [-0.2, -0.15) is 0 Å². The number of aromatic nitrogens is 2. The van der Waals surface area contributed by atoms with Crippen LogP contribution < -0.4 is 10.1 Å². The molecule has 3 heterocycles. The normalized spacial score (nSPS) is 30.6. The smallest absolute Gasteiger partial charge is 0.221 e. The fourth-order valence-electron chi connectivity index (χ4n) is 2.40. The topological polar surface area (TPSA) is 47.0 Å². The quantitative estimate of drug-likeness (QED) is 0.644. The summed E-state index contributed by atoms with van der Waals surface area (Å²) in [5.74, 6) is 0.608. The summed E-state index contributed by atoms with van der Waals surface area (Å²) in [4.78, 5) is 8.07. The Kier molecular flexibility index (Phi) is 2.76. The summed E-state index contributed by atoms with van der Waals surface area (Å²) in [7, 11) is 0. The van der Waals surface area contributed by atoms with Gasteiger partial charge in [0.1, 0.15) is 17.6 Å². The second-order valence-electron chi connectivity index (χ2n) is 4.57. The number of rotatable bonds is 2. The van der Waals surface area contributed by atoms with Crippen LogP contribution in [0.2, 0.25) is 5.15 Å². The van der Waals surface area contributed by atoms with E-state index in [0.717, 1.165) is 18.4 Å². The van der Waals surface area contributed by atoms with E-state index in [9.17, 15) is 0 Å². The van der Waals surface area contributed by atoms with E-state index in [-0.39, 0.29) is 6.10 Å². The Morgan fingerprint density at radius 1 is 1.29 bits per heavy atom. The molecule has 0 aliphatic carbocycles. The summed E-state index contributed by atoms with van der Waals surface area (Å²) in [6.07, 6.45) is 8.04. The van der Waals surface area contributed by atoms with Crippen LogP contribution in [0.5, 0.6) is 5.88 Å². The molecule has 2 aliphatic heterocycles. The van der Waals surface area contributed by atoms with E-state index in [1.54, 1.807) is 0 Å². The molecule has 2 aliphatic rings. The molecule has 0 spiro atoms. The van der Waals surface area contributed by atoms with Gasteiger partial charge in [-0.15, -0.1) is 0 Å². The van der Waals surface area contributed by atoms with Gasteiger partial charge < -0.3 is 10.1 Å². The minimum absolute atomic E-state index is 0.200. The number of ether oxygens (including phenoxy) is 1. The molecule has 3 atom stereocenters. The van der Waals surface area contributed by atoms with Gasteiger partial charge in [0.05, 0.1) is 0 Å². The second kappa shape index (κ2) is 4.27. The summed E-state index contributed by atoms with van der Waals surface area (Å²) in [6.45, 7) is 1.88. The molecular formula is C12H14ClN3O. The van der Waals surface area contributed by atoms with E-state index in [1.807, 2.05) is 6.92 Å². The zero-order chi connectivity index (χ0) is 11.8. The van der Waals surface area contributed by atoms with Gasteiger partial charge >= 0.3 is 0 Å². The zero-order valence-corrected chi connectivity index (χ0v) is 10.3. The molecule has 3 rings (SSSR count). The maximum Gasteiger partial charge on any atom is 0.221 e. The number of hydrogen-bond acceptors (Lipinski definition) is 4. The van der Waals surface area contributed by atoms with E-state index >= 15 is 0 Å². The van der Waals surface area contributed by atoms with Gasteiger partial charge in [0.25, 0.3) is 0 Å². The van der Waals surface area contributed by atoms with Crippen molar-refractivity contribution in [2.75, 3.05) is 0 Å². The molecule has 2 bridgehead atoms. The number of nitrogens with zero attached hydrogens (tertiary/aromatic N) is 2. The summed E-state index contributed by atoms with van der Waals surface area (Å²) < 4.78 is 5.93. The predicted octanol–water partition coefficient (Wildman–Crippen LogP) is 1.88. The molecule has 0 amide bonds. The molecule has 0 saturated carbocycles. The summed E-state index contributed by atoms with van der Waals surface area (Å²) >= 11 is 5.95. The van der Waals surface area contributed by atoms with E-state index in [4.69, 9.17) is 16.3 Å². The molecule has 1 unspecified atom stereocenters. The van der Waals surface area contributed by atoms with Crippen LogP contribution >= 0.6 is 11.6 Å². The number of piperidine rings is 1. The molecule has 1 N–H and O–H groups in total. The highest BCUT2D eigenvalue weighted by atomic mass is 35.5. The van der Waals surface area contributed by atoms with Crippen molar-refractivity contribution >= 4 is 11.6 Å². The van der Waals surface area contributed by atoms with Gasteiger partial charge in [-0.1, -0.05) is 23.8 Å². The Morgan fingerprint density at radius 2 is 2.00 bits per heavy atom. The van der Waals surface area contributed by atoms with Crippen molar-refractivity contribution in [2.24, 2.45) is 0 Å². The SMILES string of the molecule is Cc1c(Cl)ncnc1O[C@@H]1CC2C=C[C@@H](C1)N2.